The number of rotatable bonds is 1. The van der Waals surface area contributed by atoms with Crippen LogP contribution in [0, 0.1) is 0 Å². The van der Waals surface area contributed by atoms with E-state index in [2.05, 4.69) is 4.74 Å². The summed E-state index contributed by atoms with van der Waals surface area (Å²) in [5.41, 5.74) is -3.33. The molecule has 0 spiro atoms. The first-order valence-corrected chi connectivity index (χ1v) is 2.47. The van der Waals surface area contributed by atoms with Crippen molar-refractivity contribution in [2.75, 3.05) is 6.61 Å². The Kier molecular flexibility index (Phi) is 1.46. The van der Waals surface area contributed by atoms with Gasteiger partial charge in [0.1, 0.15) is 0 Å². The van der Waals surface area contributed by atoms with E-state index in [9.17, 15) is 13.2 Å². The Morgan fingerprint density at radius 1 is 1.30 bits per heavy atom. The van der Waals surface area contributed by atoms with E-state index in [1.807, 2.05) is 0 Å². The smallest absolute Gasteiger partial charge is 0.425 e. The number of hydrogen-bond donors (Lipinski definition) is 2. The third kappa shape index (κ3) is 0.743. The largest absolute Gasteiger partial charge is 0.504 e. The molecule has 0 aromatic carbocycles. The topological polar surface area (TPSA) is 49.7 Å². The van der Waals surface area contributed by atoms with Gasteiger partial charge in [-0.1, -0.05) is 0 Å². The van der Waals surface area contributed by atoms with Crippen molar-refractivity contribution in [3.63, 3.8) is 0 Å². The molecule has 1 unspecified atom stereocenters. The Hall–Kier alpha value is -0.265. The molecule has 10 heavy (non-hydrogen) atoms. The zero-order valence-electron chi connectivity index (χ0n) is 4.72. The maximum Gasteiger partial charge on any atom is 0.504 e. The van der Waals surface area contributed by atoms with Gasteiger partial charge in [0.05, 0.1) is 6.61 Å². The van der Waals surface area contributed by atoms with Gasteiger partial charge < -0.3 is 14.8 Å². The third-order valence-electron chi connectivity index (χ3n) is 1.36. The molecule has 7 heteroatoms. The van der Waals surface area contributed by atoms with Crippen molar-refractivity contribution in [2.45, 2.75) is 11.7 Å². The van der Waals surface area contributed by atoms with Gasteiger partial charge in [0, 0.05) is 0 Å². The number of ether oxygens (including phenoxy) is 1. The van der Waals surface area contributed by atoms with Crippen LogP contribution in [0.4, 0.5) is 13.2 Å². The van der Waals surface area contributed by atoms with Crippen LogP contribution in [0.3, 0.4) is 0 Å². The van der Waals surface area contributed by atoms with E-state index in [1.165, 1.54) is 0 Å². The minimum absolute atomic E-state index is 0.988. The van der Waals surface area contributed by atoms with Crippen molar-refractivity contribution in [3.05, 3.63) is 0 Å². The van der Waals surface area contributed by atoms with Crippen molar-refractivity contribution in [1.82, 2.24) is 0 Å². The van der Waals surface area contributed by atoms with Crippen LogP contribution in [0.15, 0.2) is 0 Å². The van der Waals surface area contributed by atoms with E-state index in [0.29, 0.717) is 0 Å². The summed E-state index contributed by atoms with van der Waals surface area (Å²) in [6, 6.07) is 0. The average molecular weight is 156 g/mol. The molecule has 1 fully saturated rings. The summed E-state index contributed by atoms with van der Waals surface area (Å²) in [5.74, 6) is 0. The second kappa shape index (κ2) is 1.87. The molecular weight excluding hydrogens is 152 g/mol. The van der Waals surface area contributed by atoms with Crippen LogP contribution in [0.2, 0.25) is 0 Å². The summed E-state index contributed by atoms with van der Waals surface area (Å²) in [7, 11) is -2.70. The lowest BCUT2D eigenvalue weighted by Gasteiger charge is -2.40. The van der Waals surface area contributed by atoms with Gasteiger partial charge in [0.15, 0.2) is 0 Å². The molecule has 1 aliphatic heterocycles. The van der Waals surface area contributed by atoms with Gasteiger partial charge in [-0.05, 0) is 0 Å². The van der Waals surface area contributed by atoms with Crippen molar-refractivity contribution in [2.24, 2.45) is 0 Å². The lowest BCUT2D eigenvalue weighted by Crippen LogP contribution is -2.69. The first-order chi connectivity index (χ1) is 4.40. The Labute approximate surface area is 54.6 Å². The van der Waals surface area contributed by atoms with E-state index in [0.717, 1.165) is 0 Å². The average Bonchev–Trinajstić information content (AvgIpc) is 1.83. The first kappa shape index (κ1) is 7.84. The minimum atomic E-state index is -4.07. The maximum atomic E-state index is 12.4. The molecule has 1 saturated heterocycles. The van der Waals surface area contributed by atoms with E-state index in [1.54, 1.807) is 0 Å². The van der Waals surface area contributed by atoms with Crippen LogP contribution in [-0.2, 0) is 4.74 Å². The molecule has 0 aliphatic carbocycles. The van der Waals surface area contributed by atoms with Gasteiger partial charge in [-0.15, -0.1) is 0 Å². The fourth-order valence-corrected chi connectivity index (χ4v) is 0.544. The zero-order valence-corrected chi connectivity index (χ0v) is 4.72. The molecule has 58 valence electrons. The number of alkyl halides is 3. The summed E-state index contributed by atoms with van der Waals surface area (Å²) >= 11 is 0. The molecule has 0 bridgehead atoms. The van der Waals surface area contributed by atoms with Gasteiger partial charge in [0.2, 0.25) is 0 Å². The standard InChI is InChI=1S/C3H4BF3O3/c5-2(4(8)9)1-10-3(2,6)7/h8-9H,1H2. The van der Waals surface area contributed by atoms with Crippen molar-refractivity contribution >= 4 is 7.12 Å². The van der Waals surface area contributed by atoms with Crippen LogP contribution in [-0.4, -0.2) is 35.5 Å². The van der Waals surface area contributed by atoms with Crippen LogP contribution >= 0.6 is 0 Å². The van der Waals surface area contributed by atoms with E-state index in [-0.39, 0.29) is 0 Å². The minimum Gasteiger partial charge on any atom is -0.425 e. The molecule has 0 saturated carbocycles. The van der Waals surface area contributed by atoms with Gasteiger partial charge in [0.25, 0.3) is 5.57 Å². The Balaban J connectivity index is 2.71. The third-order valence-corrected chi connectivity index (χ3v) is 1.36. The quantitative estimate of drug-likeness (QED) is 0.495. The maximum absolute atomic E-state index is 12.4. The first-order valence-electron chi connectivity index (χ1n) is 2.47. The van der Waals surface area contributed by atoms with Gasteiger partial charge in [-0.2, -0.15) is 8.78 Å². The molecule has 3 nitrogen and oxygen atoms in total. The monoisotopic (exact) mass is 156 g/mol. The van der Waals surface area contributed by atoms with Crippen molar-refractivity contribution in [1.29, 1.82) is 0 Å². The van der Waals surface area contributed by atoms with Gasteiger partial charge in [-0.25, -0.2) is 4.39 Å². The van der Waals surface area contributed by atoms with E-state index < -0.39 is 25.4 Å². The molecule has 1 rings (SSSR count). The molecule has 0 radical (unpaired) electrons. The fraction of sp³-hybridized carbons (Fsp3) is 1.00. The Morgan fingerprint density at radius 2 is 1.80 bits per heavy atom. The lowest BCUT2D eigenvalue weighted by atomic mass is 9.66. The summed E-state index contributed by atoms with van der Waals surface area (Å²) in [6.45, 7) is -0.988. The molecule has 0 amide bonds. The second-order valence-electron chi connectivity index (χ2n) is 2.04. The van der Waals surface area contributed by atoms with Crippen LogP contribution in [0.5, 0.6) is 0 Å². The molecular formula is C3H4BF3O3. The fourth-order valence-electron chi connectivity index (χ4n) is 0.544. The zero-order chi connectivity index (χ0) is 7.99. The normalized spacial score (nSPS) is 36.9. The summed E-state index contributed by atoms with van der Waals surface area (Å²) in [5, 5.41) is 16.2. The van der Waals surface area contributed by atoms with Crippen LogP contribution in [0.1, 0.15) is 0 Å². The Bertz CT molecular complexity index is 152. The highest BCUT2D eigenvalue weighted by Crippen LogP contribution is 2.43. The molecule has 1 aliphatic rings. The van der Waals surface area contributed by atoms with Gasteiger partial charge >= 0.3 is 13.2 Å². The summed E-state index contributed by atoms with van der Waals surface area (Å²) in [6.07, 6.45) is -4.07. The highest BCUT2D eigenvalue weighted by molar-refractivity contribution is 6.46. The van der Waals surface area contributed by atoms with E-state index >= 15 is 0 Å². The molecule has 0 aromatic rings. The summed E-state index contributed by atoms with van der Waals surface area (Å²) < 4.78 is 39.7. The SMILES string of the molecule is OB(O)C1(F)COC1(F)F. The van der Waals surface area contributed by atoms with Gasteiger partial charge in [-0.3, -0.25) is 0 Å². The highest BCUT2D eigenvalue weighted by atomic mass is 19.3. The molecule has 2 N–H and O–H groups in total. The molecule has 1 heterocycles. The Morgan fingerprint density at radius 3 is 1.80 bits per heavy atom. The number of halogens is 3. The molecule has 0 aromatic heterocycles. The predicted molar refractivity (Wildman–Crippen MR) is 24.9 cm³/mol. The van der Waals surface area contributed by atoms with Crippen LogP contribution < -0.4 is 0 Å². The predicted octanol–water partition coefficient (Wildman–Crippen LogP) is -0.670. The lowest BCUT2D eigenvalue weighted by molar-refractivity contribution is -0.381. The van der Waals surface area contributed by atoms with Crippen LogP contribution in [0.25, 0.3) is 0 Å². The summed E-state index contributed by atoms with van der Waals surface area (Å²) in [4.78, 5) is 0. The molecule has 1 atom stereocenters. The van der Waals surface area contributed by atoms with Crippen molar-refractivity contribution < 1.29 is 28.0 Å². The van der Waals surface area contributed by atoms with E-state index in [4.69, 9.17) is 10.0 Å². The number of hydrogen-bond acceptors (Lipinski definition) is 3. The van der Waals surface area contributed by atoms with Crippen molar-refractivity contribution in [3.8, 4) is 0 Å². The second-order valence-corrected chi connectivity index (χ2v) is 2.04. The highest BCUT2D eigenvalue weighted by Gasteiger charge is 2.72.